The fourth-order valence-corrected chi connectivity index (χ4v) is 3.38. The molecule has 6 heteroatoms. The number of hydrogen-bond acceptors (Lipinski definition) is 3. The number of amides is 2. The third kappa shape index (κ3) is 3.18. The first-order valence-corrected chi connectivity index (χ1v) is 8.73. The molecule has 0 atom stereocenters. The predicted octanol–water partition coefficient (Wildman–Crippen LogP) is 3.11. The average molecular weight is 348 g/mol. The molecule has 0 bridgehead atoms. The van der Waals surface area contributed by atoms with Crippen LogP contribution in [-0.2, 0) is 16.1 Å². The second kappa shape index (κ2) is 6.63. The maximum atomic E-state index is 12.3. The number of rotatable bonds is 4. The molecule has 1 aliphatic heterocycles. The average Bonchev–Trinajstić information content (AvgIpc) is 3.20. The lowest BCUT2D eigenvalue weighted by atomic mass is 10.1. The lowest BCUT2D eigenvalue weighted by Crippen LogP contribution is -2.24. The molecule has 0 spiro atoms. The SMILES string of the molecule is Cc1cc(NC(=O)Cn2cc3ccccc3n2)ccc1N1CCCC1=O. The summed E-state index contributed by atoms with van der Waals surface area (Å²) in [4.78, 5) is 26.1. The number of aromatic nitrogens is 2. The van der Waals surface area contributed by atoms with E-state index in [4.69, 9.17) is 0 Å². The minimum atomic E-state index is -0.137. The Balaban J connectivity index is 1.45. The van der Waals surface area contributed by atoms with Crippen molar-refractivity contribution in [2.24, 2.45) is 0 Å². The Bertz CT molecular complexity index is 959. The van der Waals surface area contributed by atoms with Gasteiger partial charge in [-0.05, 0) is 43.2 Å². The largest absolute Gasteiger partial charge is 0.324 e. The van der Waals surface area contributed by atoms with E-state index in [1.807, 2.05) is 60.5 Å². The third-order valence-electron chi connectivity index (χ3n) is 4.61. The summed E-state index contributed by atoms with van der Waals surface area (Å²) in [6.07, 6.45) is 3.37. The highest BCUT2D eigenvalue weighted by atomic mass is 16.2. The maximum Gasteiger partial charge on any atom is 0.246 e. The summed E-state index contributed by atoms with van der Waals surface area (Å²) in [5, 5.41) is 8.31. The Labute approximate surface area is 151 Å². The number of benzene rings is 2. The van der Waals surface area contributed by atoms with Gasteiger partial charge < -0.3 is 10.2 Å². The monoisotopic (exact) mass is 348 g/mol. The zero-order valence-electron chi connectivity index (χ0n) is 14.6. The summed E-state index contributed by atoms with van der Waals surface area (Å²) in [5.41, 5.74) is 3.49. The van der Waals surface area contributed by atoms with Crippen LogP contribution in [0, 0.1) is 6.92 Å². The maximum absolute atomic E-state index is 12.3. The zero-order chi connectivity index (χ0) is 18.1. The highest BCUT2D eigenvalue weighted by molar-refractivity contribution is 5.97. The van der Waals surface area contributed by atoms with Gasteiger partial charge in [-0.2, -0.15) is 5.10 Å². The summed E-state index contributed by atoms with van der Waals surface area (Å²) in [6, 6.07) is 13.4. The number of nitrogens with one attached hydrogen (secondary N) is 1. The topological polar surface area (TPSA) is 67.2 Å². The Hall–Kier alpha value is -3.15. The van der Waals surface area contributed by atoms with Gasteiger partial charge in [-0.1, -0.05) is 18.2 Å². The molecule has 0 aliphatic carbocycles. The van der Waals surface area contributed by atoms with E-state index in [0.717, 1.165) is 40.8 Å². The summed E-state index contributed by atoms with van der Waals surface area (Å²) in [7, 11) is 0. The van der Waals surface area contributed by atoms with E-state index in [9.17, 15) is 9.59 Å². The molecule has 1 aromatic heterocycles. The van der Waals surface area contributed by atoms with Crippen molar-refractivity contribution in [2.75, 3.05) is 16.8 Å². The van der Waals surface area contributed by atoms with Crippen LogP contribution in [0.5, 0.6) is 0 Å². The van der Waals surface area contributed by atoms with Gasteiger partial charge in [0.1, 0.15) is 6.54 Å². The molecule has 3 aromatic rings. The molecule has 2 aromatic carbocycles. The van der Waals surface area contributed by atoms with Crippen LogP contribution in [0.15, 0.2) is 48.7 Å². The molecular formula is C20H20N4O2. The predicted molar refractivity (Wildman–Crippen MR) is 101 cm³/mol. The molecule has 1 fully saturated rings. The van der Waals surface area contributed by atoms with Crippen molar-refractivity contribution in [1.29, 1.82) is 0 Å². The molecule has 1 aliphatic rings. The Morgan fingerprint density at radius 3 is 2.81 bits per heavy atom. The molecule has 0 unspecified atom stereocenters. The molecule has 2 amide bonds. The zero-order valence-corrected chi connectivity index (χ0v) is 14.6. The van der Waals surface area contributed by atoms with Gasteiger partial charge in [0.15, 0.2) is 0 Å². The van der Waals surface area contributed by atoms with Crippen molar-refractivity contribution in [3.8, 4) is 0 Å². The highest BCUT2D eigenvalue weighted by Crippen LogP contribution is 2.27. The van der Waals surface area contributed by atoms with Crippen LogP contribution < -0.4 is 10.2 Å². The molecule has 1 saturated heterocycles. The number of carbonyl (C=O) groups excluding carboxylic acids is 2. The standard InChI is InChI=1S/C20H20N4O2/c1-14-11-16(8-9-18(14)24-10-4-7-20(24)26)21-19(25)13-23-12-15-5-2-3-6-17(15)22-23/h2-3,5-6,8-9,11-12H,4,7,10,13H2,1H3,(H,21,25). The molecule has 0 radical (unpaired) electrons. The van der Waals surface area contributed by atoms with Crippen LogP contribution >= 0.6 is 0 Å². The van der Waals surface area contributed by atoms with Gasteiger partial charge in [-0.3, -0.25) is 14.3 Å². The van der Waals surface area contributed by atoms with Gasteiger partial charge in [-0.15, -0.1) is 0 Å². The summed E-state index contributed by atoms with van der Waals surface area (Å²) in [5.74, 6) is 0.0258. The Morgan fingerprint density at radius 2 is 2.08 bits per heavy atom. The first-order valence-electron chi connectivity index (χ1n) is 8.73. The minimum absolute atomic E-state index is 0.137. The fourth-order valence-electron chi connectivity index (χ4n) is 3.38. The van der Waals surface area contributed by atoms with E-state index in [0.29, 0.717) is 6.42 Å². The van der Waals surface area contributed by atoms with Crippen LogP contribution in [0.25, 0.3) is 10.9 Å². The van der Waals surface area contributed by atoms with Crippen LogP contribution in [0.1, 0.15) is 18.4 Å². The number of anilines is 2. The third-order valence-corrected chi connectivity index (χ3v) is 4.61. The van der Waals surface area contributed by atoms with Gasteiger partial charge in [0.05, 0.1) is 5.52 Å². The molecular weight excluding hydrogens is 328 g/mol. The van der Waals surface area contributed by atoms with Crippen LogP contribution in [0.4, 0.5) is 11.4 Å². The van der Waals surface area contributed by atoms with E-state index in [-0.39, 0.29) is 18.4 Å². The fraction of sp³-hybridized carbons (Fsp3) is 0.250. The number of aryl methyl sites for hydroxylation is 1. The van der Waals surface area contributed by atoms with Gasteiger partial charge in [0.25, 0.3) is 0 Å². The number of fused-ring (bicyclic) bond motifs is 1. The van der Waals surface area contributed by atoms with Crippen LogP contribution in [-0.4, -0.2) is 28.1 Å². The van der Waals surface area contributed by atoms with Crippen molar-refractivity contribution in [3.05, 3.63) is 54.2 Å². The highest BCUT2D eigenvalue weighted by Gasteiger charge is 2.23. The number of carbonyl (C=O) groups is 2. The van der Waals surface area contributed by atoms with Gasteiger partial charge >= 0.3 is 0 Å². The summed E-state index contributed by atoms with van der Waals surface area (Å²) in [6.45, 7) is 2.87. The lowest BCUT2D eigenvalue weighted by molar-refractivity contribution is -0.117. The van der Waals surface area contributed by atoms with Crippen LogP contribution in [0.3, 0.4) is 0 Å². The van der Waals surface area contributed by atoms with Crippen molar-refractivity contribution < 1.29 is 9.59 Å². The van der Waals surface area contributed by atoms with Crippen molar-refractivity contribution >= 4 is 34.1 Å². The van der Waals surface area contributed by atoms with E-state index in [1.165, 1.54) is 0 Å². The van der Waals surface area contributed by atoms with E-state index in [2.05, 4.69) is 10.4 Å². The normalized spacial score (nSPS) is 14.2. The molecule has 4 rings (SSSR count). The first-order chi connectivity index (χ1) is 12.6. The molecule has 0 saturated carbocycles. The van der Waals surface area contributed by atoms with E-state index >= 15 is 0 Å². The molecule has 26 heavy (non-hydrogen) atoms. The number of hydrogen-bond donors (Lipinski definition) is 1. The van der Waals surface area contributed by atoms with Gasteiger partial charge in [0, 0.05) is 35.9 Å². The molecule has 2 heterocycles. The Kier molecular flexibility index (Phi) is 4.16. The first kappa shape index (κ1) is 16.3. The smallest absolute Gasteiger partial charge is 0.246 e. The van der Waals surface area contributed by atoms with Crippen LogP contribution in [0.2, 0.25) is 0 Å². The van der Waals surface area contributed by atoms with Gasteiger partial charge in [0.2, 0.25) is 11.8 Å². The van der Waals surface area contributed by atoms with Crippen molar-refractivity contribution in [2.45, 2.75) is 26.3 Å². The minimum Gasteiger partial charge on any atom is -0.324 e. The lowest BCUT2D eigenvalue weighted by Gasteiger charge is -2.19. The number of nitrogens with zero attached hydrogens (tertiary/aromatic N) is 3. The molecule has 132 valence electrons. The van der Waals surface area contributed by atoms with E-state index < -0.39 is 0 Å². The van der Waals surface area contributed by atoms with E-state index in [1.54, 1.807) is 4.68 Å². The second-order valence-electron chi connectivity index (χ2n) is 6.58. The summed E-state index contributed by atoms with van der Waals surface area (Å²) >= 11 is 0. The molecule has 1 N–H and O–H groups in total. The van der Waals surface area contributed by atoms with Crippen molar-refractivity contribution in [3.63, 3.8) is 0 Å². The summed E-state index contributed by atoms with van der Waals surface area (Å²) < 4.78 is 1.64. The quantitative estimate of drug-likeness (QED) is 0.788. The second-order valence-corrected chi connectivity index (χ2v) is 6.58. The Morgan fingerprint density at radius 1 is 1.23 bits per heavy atom. The molecule has 6 nitrogen and oxygen atoms in total. The van der Waals surface area contributed by atoms with Gasteiger partial charge in [-0.25, -0.2) is 0 Å². The van der Waals surface area contributed by atoms with Crippen molar-refractivity contribution in [1.82, 2.24) is 9.78 Å².